The van der Waals surface area contributed by atoms with Crippen molar-refractivity contribution in [1.29, 1.82) is 0 Å². The van der Waals surface area contributed by atoms with Gasteiger partial charge in [-0.05, 0) is 626 Å². The molecule has 47 aliphatic carbocycles. The minimum absolute atomic E-state index is 0.906. The third-order valence-corrected chi connectivity index (χ3v) is 52.8. The van der Waals surface area contributed by atoms with Crippen molar-refractivity contribution in [3.05, 3.63) is 0 Å². The lowest BCUT2D eigenvalue weighted by Crippen LogP contribution is -3.00. The van der Waals surface area contributed by atoms with Gasteiger partial charge in [-0.25, -0.2) is 0 Å². The highest BCUT2D eigenvalue weighted by atomic mass is 15.0. The summed E-state index contributed by atoms with van der Waals surface area (Å²) in [5, 5.41) is 0. The number of fused-ring (bicyclic) bond motifs is 22. The molecule has 47 rings (SSSR count). The van der Waals surface area contributed by atoms with Gasteiger partial charge in [0, 0.05) is 0 Å². The van der Waals surface area contributed by atoms with Crippen LogP contribution in [0.15, 0.2) is 0 Å². The van der Waals surface area contributed by atoms with Gasteiger partial charge in [-0.15, -0.1) is 0 Å². The summed E-state index contributed by atoms with van der Waals surface area (Å²) in [6.45, 7) is 0. The summed E-state index contributed by atoms with van der Waals surface area (Å²) in [4.78, 5) is 0. The Kier molecular flexibility index (Phi) is 15.7. The first-order valence-corrected chi connectivity index (χ1v) is 55.3. The number of hydrogen-bond acceptors (Lipinski definition) is 0. The predicted octanol–water partition coefficient (Wildman–Crippen LogP) is 28.5. The van der Waals surface area contributed by atoms with E-state index < -0.39 is 0 Å². The second-order valence-corrected chi connectivity index (χ2v) is 55.1. The maximum Gasteiger partial charge on any atom is -0.0235 e. The van der Waals surface area contributed by atoms with Crippen LogP contribution >= 0.6 is 0 Å². The Bertz CT molecular complexity index is 3180. The van der Waals surface area contributed by atoms with E-state index >= 15 is 0 Å². The predicted molar refractivity (Wildman–Crippen MR) is 452 cm³/mol. The van der Waals surface area contributed by atoms with Crippen LogP contribution in [0, 0.1) is 330 Å². The summed E-state index contributed by atoms with van der Waals surface area (Å²) < 4.78 is 0. The average Bonchev–Trinajstić information content (AvgIpc) is 0.964. The highest BCUT2D eigenvalue weighted by Gasteiger charge is 2.98. The van der Waals surface area contributed by atoms with Gasteiger partial charge in [0.2, 0.25) is 0 Å². The van der Waals surface area contributed by atoms with E-state index in [4.69, 9.17) is 0 Å². The van der Waals surface area contributed by atoms with Gasteiger partial charge in [0.25, 0.3) is 0 Å². The van der Waals surface area contributed by atoms with Crippen LogP contribution in [0.2, 0.25) is 0 Å². The first-order valence-electron chi connectivity index (χ1n) is 55.3. The summed E-state index contributed by atoms with van der Waals surface area (Å²) in [5.41, 5.74) is 1.83. The zero-order valence-corrected chi connectivity index (χ0v) is 71.8. The number of rotatable bonds is 0. The Morgan fingerprint density at radius 2 is 0.438 bits per heavy atom. The van der Waals surface area contributed by atoms with Gasteiger partial charge < -0.3 is 0 Å². The van der Waals surface area contributed by atoms with E-state index in [0.29, 0.717) is 0 Å². The molecule has 27 atom stereocenters. The molecule has 0 aromatic heterocycles. The van der Waals surface area contributed by atoms with Gasteiger partial charge in [-0.2, -0.15) is 0 Å². The Morgan fingerprint density at radius 1 is 0.134 bits per heavy atom. The molecule has 0 aliphatic heterocycles. The van der Waals surface area contributed by atoms with Gasteiger partial charge >= 0.3 is 0 Å². The van der Waals surface area contributed by atoms with Crippen molar-refractivity contribution in [2.75, 3.05) is 0 Å². The van der Waals surface area contributed by atoms with Crippen LogP contribution in [0.1, 0.15) is 360 Å². The van der Waals surface area contributed by atoms with Crippen LogP contribution in [-0.4, -0.2) is 0 Å². The highest BCUT2D eigenvalue weighted by molar-refractivity contribution is 5.44. The summed E-state index contributed by atoms with van der Waals surface area (Å²) in [5.74, 6) is 67.0. The SMILES string of the molecule is C12C3C4C1C1C2C3C41.C1C2C3CC4C5CC3C1C5C24.C1C2CC3C1C3C2.C1C2CC3CC1CC(C2)C3.C1C2CC3CC1CC3C2.C1CC2C3C(C1)C23.C1CC2C3C1C23.C1CC2C3CCC(C3)C2C1.C1CC2CC1C1CCC21.C1CC2CC1CC21CC2CCC1C2.C1CC2CC3CCCC3(C1)C2.C1CCC2C3CCC2C(C1)C3. The Balaban J connectivity index is 0.0000000627. The third-order valence-electron chi connectivity index (χ3n) is 52.8. The van der Waals surface area contributed by atoms with Crippen molar-refractivity contribution in [3.63, 3.8) is 0 Å². The molecule has 614 valence electrons. The third kappa shape index (κ3) is 10.1. The van der Waals surface area contributed by atoms with Crippen molar-refractivity contribution >= 4 is 0 Å². The van der Waals surface area contributed by atoms with Crippen molar-refractivity contribution in [3.8, 4) is 0 Å². The molecule has 27 unspecified atom stereocenters. The van der Waals surface area contributed by atoms with Gasteiger partial charge in [0.15, 0.2) is 0 Å². The van der Waals surface area contributed by atoms with Crippen LogP contribution < -0.4 is 0 Å². The zero-order valence-electron chi connectivity index (χ0n) is 71.8. The van der Waals surface area contributed by atoms with Crippen molar-refractivity contribution in [2.24, 2.45) is 330 Å². The second kappa shape index (κ2) is 25.4. The molecule has 0 N–H and O–H groups in total. The molecule has 0 radical (unpaired) electrons. The summed E-state index contributed by atoms with van der Waals surface area (Å²) in [6.07, 6.45) is 89.7. The summed E-state index contributed by atoms with van der Waals surface area (Å²) in [7, 11) is 0. The largest absolute Gasteiger partial charge is 0.0530 e. The molecule has 32 bridgehead atoms. The lowest BCUT2D eigenvalue weighted by molar-refractivity contribution is -0.565. The smallest absolute Gasteiger partial charge is 0.0235 e. The molecule has 0 amide bonds. The second-order valence-electron chi connectivity index (χ2n) is 55.1. The summed E-state index contributed by atoms with van der Waals surface area (Å²) >= 11 is 0. The van der Waals surface area contributed by atoms with Gasteiger partial charge in [-0.3, -0.25) is 0 Å². The molecule has 112 heavy (non-hydrogen) atoms. The Labute approximate surface area is 685 Å². The van der Waals surface area contributed by atoms with E-state index in [1.807, 2.05) is 0 Å². The fourth-order valence-electron chi connectivity index (χ4n) is 49.4. The molecule has 2 spiro atoms. The minimum atomic E-state index is 0.906. The highest BCUT2D eigenvalue weighted by Crippen LogP contribution is 3.01. The van der Waals surface area contributed by atoms with Gasteiger partial charge in [-0.1, -0.05) is 64.2 Å². The fraction of sp³-hybridized carbons (Fsp3) is 1.00. The standard InChI is InChI=1S/C13H20.C11H14.2C11H18.2C10H16.2C9H14.C8H8.2C7H10.C6H8/c1-3-11-5-9(1)7-13(11)8-10-2-4-12(13)6-10;1-4-5-2-9-8(1)10-6(4)3-7(5)11(9)10;1-3-9-7-10-4-2-6-11(10,5-1)8-9;1-2-4-10-9-5-6-11(10)8(3-1)7-9;1-7-2-9-4-8(1)5-10(3-7)6-9;1-2-9-7-4-5-8(6-7)10(9)3-1;1-6-2-8-4-7(1)5-9(8)3-6;1-2-7-5-6(1)8-3-4-9(7)8;1-2-5-3(1)7-4(1)6(2)8(5)7;1-4-2-6-5(1)7(6)3-4;1-2-4-6-5(3-1)7(4)6;1-2-4-5-3(1)6(4)5/h9-12H,1-8H2;4-11H,1-3H2;9-10H,1-8H2;8-11H,1-7H2;2*7-10H,1-6H2;2*6-9H,1-5H2;1-8H;2*4-7H,1-3H2;3-6H,1-2H2. The molecule has 47 fully saturated rings. The van der Waals surface area contributed by atoms with E-state index in [2.05, 4.69) is 0 Å². The van der Waals surface area contributed by atoms with Crippen LogP contribution in [-0.2, 0) is 0 Å². The molecular formula is C112H166. The van der Waals surface area contributed by atoms with E-state index in [9.17, 15) is 0 Å². The van der Waals surface area contributed by atoms with Crippen molar-refractivity contribution in [1.82, 2.24) is 0 Å². The lowest BCUT2D eigenvalue weighted by atomic mass is 9.01. The van der Waals surface area contributed by atoms with Crippen LogP contribution in [0.4, 0.5) is 0 Å². The van der Waals surface area contributed by atoms with E-state index in [1.165, 1.54) is 314 Å². The van der Waals surface area contributed by atoms with Crippen LogP contribution in [0.5, 0.6) is 0 Å². The molecule has 0 saturated heterocycles. The molecule has 47 aliphatic rings. The molecular weight excluding hydrogens is 1350 g/mol. The van der Waals surface area contributed by atoms with E-state index in [0.717, 1.165) is 16.7 Å². The molecule has 0 heterocycles. The summed E-state index contributed by atoms with van der Waals surface area (Å²) in [6, 6.07) is 0. The van der Waals surface area contributed by atoms with Crippen molar-refractivity contribution in [2.45, 2.75) is 360 Å². The van der Waals surface area contributed by atoms with E-state index in [1.54, 1.807) is 360 Å². The normalized spacial score (nSPS) is 67.5. The van der Waals surface area contributed by atoms with E-state index in [-0.39, 0.29) is 0 Å². The lowest BCUT2D eigenvalue weighted by Gasteiger charge is -3.03. The van der Waals surface area contributed by atoms with Crippen LogP contribution in [0.3, 0.4) is 0 Å². The average molecular weight is 1510 g/mol. The quantitative estimate of drug-likeness (QED) is 0.227. The first kappa shape index (κ1) is 69.4. The Hall–Kier alpha value is 0. The molecule has 0 nitrogen and oxygen atoms in total. The molecule has 0 aromatic rings. The molecule has 47 saturated carbocycles. The topological polar surface area (TPSA) is 0 Å². The zero-order chi connectivity index (χ0) is 71.8. The maximum absolute atomic E-state index is 1.68. The first-order chi connectivity index (χ1) is 55.3. The number of hydrogen-bond donors (Lipinski definition) is 0. The maximum atomic E-state index is 1.68. The Morgan fingerprint density at radius 3 is 0.812 bits per heavy atom. The van der Waals surface area contributed by atoms with Gasteiger partial charge in [0.1, 0.15) is 0 Å². The molecule has 0 aromatic carbocycles. The van der Waals surface area contributed by atoms with Gasteiger partial charge in [0.05, 0.1) is 0 Å². The van der Waals surface area contributed by atoms with Crippen LogP contribution in [0.25, 0.3) is 0 Å². The monoisotopic (exact) mass is 1510 g/mol. The molecule has 0 heteroatoms. The fourth-order valence-corrected chi connectivity index (χ4v) is 49.4. The minimum Gasteiger partial charge on any atom is -0.0530 e. The van der Waals surface area contributed by atoms with Crippen molar-refractivity contribution < 1.29 is 0 Å².